The van der Waals surface area contributed by atoms with Gasteiger partial charge in [-0.25, -0.2) is 4.98 Å². The summed E-state index contributed by atoms with van der Waals surface area (Å²) in [5, 5.41) is -0.0671. The molecule has 5 nitrogen and oxygen atoms in total. The second-order valence-corrected chi connectivity index (χ2v) is 4.22. The fourth-order valence-corrected chi connectivity index (χ4v) is 1.94. The molecule has 19 heavy (non-hydrogen) atoms. The van der Waals surface area contributed by atoms with Crippen molar-refractivity contribution >= 4 is 11.0 Å². The monoisotopic (exact) mass is 273 g/mol. The van der Waals surface area contributed by atoms with Crippen molar-refractivity contribution in [1.29, 1.82) is 0 Å². The van der Waals surface area contributed by atoms with Crippen LogP contribution >= 0.6 is 0 Å². The van der Waals surface area contributed by atoms with Crippen molar-refractivity contribution in [3.05, 3.63) is 18.0 Å². The normalized spacial score (nSPS) is 20.1. The third-order valence-corrected chi connectivity index (χ3v) is 2.88. The Kier molecular flexibility index (Phi) is 2.81. The van der Waals surface area contributed by atoms with Crippen LogP contribution < -0.4 is 4.74 Å². The van der Waals surface area contributed by atoms with Crippen LogP contribution in [0.1, 0.15) is 12.0 Å². The van der Waals surface area contributed by atoms with Gasteiger partial charge in [-0.15, -0.1) is 0 Å². The predicted molar refractivity (Wildman–Crippen MR) is 58.7 cm³/mol. The largest absolute Gasteiger partial charge is 0.458 e. The first-order chi connectivity index (χ1) is 9.04. The van der Waals surface area contributed by atoms with Crippen molar-refractivity contribution in [3.63, 3.8) is 0 Å². The number of alkyl halides is 3. The van der Waals surface area contributed by atoms with E-state index in [0.29, 0.717) is 13.2 Å². The van der Waals surface area contributed by atoms with Crippen molar-refractivity contribution in [1.82, 2.24) is 15.0 Å². The number of rotatable bonds is 2. The highest BCUT2D eigenvalue weighted by Gasteiger charge is 2.34. The summed E-state index contributed by atoms with van der Waals surface area (Å²) >= 11 is 0. The second-order valence-electron chi connectivity index (χ2n) is 4.22. The van der Waals surface area contributed by atoms with E-state index in [2.05, 4.69) is 15.0 Å². The molecule has 0 saturated carbocycles. The Morgan fingerprint density at radius 2 is 2.26 bits per heavy atom. The topological polar surface area (TPSA) is 60.0 Å². The maximum Gasteiger partial charge on any atom is 0.418 e. The van der Waals surface area contributed by atoms with Gasteiger partial charge in [-0.2, -0.15) is 18.2 Å². The molecule has 0 amide bonds. The third-order valence-electron chi connectivity index (χ3n) is 2.88. The number of halogens is 3. The molecular weight excluding hydrogens is 263 g/mol. The lowest BCUT2D eigenvalue weighted by atomic mass is 10.2. The SMILES string of the molecule is FC(F)(F)c1c[nH]c2nc(OC3CCOC3)ncc12. The van der Waals surface area contributed by atoms with Crippen LogP contribution in [0.25, 0.3) is 11.0 Å². The zero-order valence-electron chi connectivity index (χ0n) is 9.70. The van der Waals surface area contributed by atoms with E-state index in [1.165, 1.54) is 0 Å². The number of hydrogen-bond donors (Lipinski definition) is 1. The van der Waals surface area contributed by atoms with Crippen LogP contribution in [-0.2, 0) is 10.9 Å². The van der Waals surface area contributed by atoms with Gasteiger partial charge in [0.25, 0.3) is 0 Å². The van der Waals surface area contributed by atoms with Gasteiger partial charge in [0.05, 0.1) is 18.8 Å². The van der Waals surface area contributed by atoms with Gasteiger partial charge in [0.15, 0.2) is 0 Å². The Balaban J connectivity index is 1.89. The standard InChI is InChI=1S/C11H10F3N3O2/c12-11(13,14)8-4-15-9-7(8)3-16-10(17-9)19-6-1-2-18-5-6/h3-4,6H,1-2,5H2,(H,15,16,17). The number of aromatic amines is 1. The minimum atomic E-state index is -4.43. The molecule has 1 unspecified atom stereocenters. The van der Waals surface area contributed by atoms with Gasteiger partial charge >= 0.3 is 12.2 Å². The number of nitrogens with one attached hydrogen (secondary N) is 1. The first kappa shape index (κ1) is 12.2. The Labute approximate surface area is 105 Å². The molecule has 3 heterocycles. The molecule has 0 spiro atoms. The average molecular weight is 273 g/mol. The van der Waals surface area contributed by atoms with E-state index in [1.807, 2.05) is 0 Å². The minimum Gasteiger partial charge on any atom is -0.458 e. The second kappa shape index (κ2) is 4.37. The van der Waals surface area contributed by atoms with E-state index in [-0.39, 0.29) is 23.1 Å². The first-order valence-electron chi connectivity index (χ1n) is 5.70. The summed E-state index contributed by atoms with van der Waals surface area (Å²) in [6, 6.07) is 0.0542. The highest BCUT2D eigenvalue weighted by atomic mass is 19.4. The van der Waals surface area contributed by atoms with Gasteiger partial charge in [-0.3, -0.25) is 0 Å². The summed E-state index contributed by atoms with van der Waals surface area (Å²) in [5.41, 5.74) is -0.672. The highest BCUT2D eigenvalue weighted by molar-refractivity contribution is 5.79. The van der Waals surface area contributed by atoms with E-state index in [4.69, 9.17) is 9.47 Å². The van der Waals surface area contributed by atoms with Crippen LogP contribution in [-0.4, -0.2) is 34.3 Å². The Morgan fingerprint density at radius 1 is 1.42 bits per heavy atom. The number of H-pyrrole nitrogens is 1. The molecule has 0 aliphatic carbocycles. The Hall–Kier alpha value is -1.83. The minimum absolute atomic E-state index is 0.0542. The summed E-state index contributed by atoms with van der Waals surface area (Å²) in [4.78, 5) is 10.2. The van der Waals surface area contributed by atoms with Crippen LogP contribution in [0.3, 0.4) is 0 Å². The van der Waals surface area contributed by atoms with E-state index in [0.717, 1.165) is 18.8 Å². The smallest absolute Gasteiger partial charge is 0.418 e. The fraction of sp³-hybridized carbons (Fsp3) is 0.455. The number of ether oxygens (including phenoxy) is 2. The van der Waals surface area contributed by atoms with Crippen LogP contribution in [0.15, 0.2) is 12.4 Å². The molecule has 1 saturated heterocycles. The molecule has 1 atom stereocenters. The molecule has 102 valence electrons. The van der Waals surface area contributed by atoms with Crippen LogP contribution in [0.5, 0.6) is 6.01 Å². The first-order valence-corrected chi connectivity index (χ1v) is 5.70. The summed E-state index contributed by atoms with van der Waals surface area (Å²) in [7, 11) is 0. The Morgan fingerprint density at radius 3 is 2.95 bits per heavy atom. The molecule has 1 N–H and O–H groups in total. The summed E-state index contributed by atoms with van der Waals surface area (Å²) in [6.07, 6.45) is -1.85. The summed E-state index contributed by atoms with van der Waals surface area (Å²) in [5.74, 6) is 0. The van der Waals surface area contributed by atoms with Gasteiger partial charge in [-0.05, 0) is 0 Å². The lowest BCUT2D eigenvalue weighted by molar-refractivity contribution is -0.136. The molecule has 0 aromatic carbocycles. The van der Waals surface area contributed by atoms with Gasteiger partial charge in [-0.1, -0.05) is 0 Å². The predicted octanol–water partition coefficient (Wildman–Crippen LogP) is 2.14. The van der Waals surface area contributed by atoms with E-state index >= 15 is 0 Å². The highest BCUT2D eigenvalue weighted by Crippen LogP contribution is 2.34. The van der Waals surface area contributed by atoms with E-state index < -0.39 is 11.7 Å². The van der Waals surface area contributed by atoms with Gasteiger partial charge in [0.2, 0.25) is 0 Å². The maximum atomic E-state index is 12.7. The molecule has 2 aromatic heterocycles. The third kappa shape index (κ3) is 2.35. The van der Waals surface area contributed by atoms with Crippen LogP contribution in [0.4, 0.5) is 13.2 Å². The molecule has 3 rings (SSSR count). The number of hydrogen-bond acceptors (Lipinski definition) is 4. The fourth-order valence-electron chi connectivity index (χ4n) is 1.94. The zero-order chi connectivity index (χ0) is 13.5. The molecule has 1 aliphatic heterocycles. The van der Waals surface area contributed by atoms with Crippen molar-refractivity contribution in [2.75, 3.05) is 13.2 Å². The maximum absolute atomic E-state index is 12.7. The average Bonchev–Trinajstić information content (AvgIpc) is 2.95. The molecule has 8 heteroatoms. The Bertz CT molecular complexity index is 590. The van der Waals surface area contributed by atoms with Crippen LogP contribution in [0, 0.1) is 0 Å². The number of fused-ring (bicyclic) bond motifs is 1. The van der Waals surface area contributed by atoms with E-state index in [9.17, 15) is 13.2 Å². The number of nitrogens with zero attached hydrogens (tertiary/aromatic N) is 2. The summed E-state index contributed by atoms with van der Waals surface area (Å²) < 4.78 is 48.5. The van der Waals surface area contributed by atoms with Crippen molar-refractivity contribution in [3.8, 4) is 6.01 Å². The summed E-state index contributed by atoms with van der Waals surface area (Å²) in [6.45, 7) is 1.05. The lowest BCUT2D eigenvalue weighted by Gasteiger charge is -2.09. The van der Waals surface area contributed by atoms with Crippen LogP contribution in [0.2, 0.25) is 0 Å². The van der Waals surface area contributed by atoms with E-state index in [1.54, 1.807) is 0 Å². The number of aromatic nitrogens is 3. The molecule has 0 radical (unpaired) electrons. The van der Waals surface area contributed by atoms with Gasteiger partial charge < -0.3 is 14.5 Å². The lowest BCUT2D eigenvalue weighted by Crippen LogP contribution is -2.17. The quantitative estimate of drug-likeness (QED) is 0.910. The molecular formula is C11H10F3N3O2. The molecule has 2 aromatic rings. The van der Waals surface area contributed by atoms with Crippen molar-refractivity contribution < 1.29 is 22.6 Å². The zero-order valence-corrected chi connectivity index (χ0v) is 9.70. The van der Waals surface area contributed by atoms with Crippen molar-refractivity contribution in [2.24, 2.45) is 0 Å². The van der Waals surface area contributed by atoms with Gasteiger partial charge in [0.1, 0.15) is 11.8 Å². The molecule has 0 bridgehead atoms. The van der Waals surface area contributed by atoms with Gasteiger partial charge in [0, 0.05) is 24.2 Å². The molecule has 1 fully saturated rings. The van der Waals surface area contributed by atoms with Crippen molar-refractivity contribution in [2.45, 2.75) is 18.7 Å². The molecule has 1 aliphatic rings.